The van der Waals surface area contributed by atoms with Gasteiger partial charge in [0.15, 0.2) is 0 Å². The minimum absolute atomic E-state index is 0.0264. The maximum Gasteiger partial charge on any atom is 0.410 e. The van der Waals surface area contributed by atoms with Crippen molar-refractivity contribution in [3.63, 3.8) is 0 Å². The lowest BCUT2D eigenvalue weighted by Crippen LogP contribution is -2.60. The predicted molar refractivity (Wildman–Crippen MR) is 151 cm³/mol. The zero-order valence-electron chi connectivity index (χ0n) is 21.8. The standard InChI is InChI=1S/C34H31NO4/c36-33(16-22-13-14-23-7-1-2-8-24(23)15-22)25-17-26-19-38-20-27(18-25)35(26)34(37)39-21-32-30-11-5-3-9-28(30)29-10-4-6-12-31(29)32/h1-15,25-27,32H,16-21H2. The van der Waals surface area contributed by atoms with Gasteiger partial charge < -0.3 is 9.47 Å². The fourth-order valence-electron chi connectivity index (χ4n) is 6.84. The van der Waals surface area contributed by atoms with Gasteiger partial charge in [-0.3, -0.25) is 9.69 Å². The third-order valence-corrected chi connectivity index (χ3v) is 8.71. The minimum Gasteiger partial charge on any atom is -0.448 e. The zero-order valence-corrected chi connectivity index (χ0v) is 21.8. The van der Waals surface area contributed by atoms with Crippen LogP contribution in [0.15, 0.2) is 91.0 Å². The second kappa shape index (κ2) is 9.97. The second-order valence-corrected chi connectivity index (χ2v) is 11.0. The normalized spacial score (nSPS) is 21.8. The number of rotatable bonds is 5. The number of Topliss-reactive ketones (excluding diaryl/α,β-unsaturated/α-hetero) is 1. The highest BCUT2D eigenvalue weighted by Crippen LogP contribution is 2.44. The molecular weight excluding hydrogens is 486 g/mol. The summed E-state index contributed by atoms with van der Waals surface area (Å²) in [6, 6.07) is 30.9. The van der Waals surface area contributed by atoms with Gasteiger partial charge in [-0.2, -0.15) is 0 Å². The highest BCUT2D eigenvalue weighted by Gasteiger charge is 2.44. The number of carbonyl (C=O) groups excluding carboxylic acids is 2. The van der Waals surface area contributed by atoms with Crippen molar-refractivity contribution < 1.29 is 19.1 Å². The molecule has 2 bridgehead atoms. The number of amides is 1. The molecule has 1 amide bonds. The summed E-state index contributed by atoms with van der Waals surface area (Å²) >= 11 is 0. The molecule has 4 aromatic carbocycles. The van der Waals surface area contributed by atoms with Crippen LogP contribution in [-0.4, -0.2) is 48.7 Å². The number of hydrogen-bond acceptors (Lipinski definition) is 4. The first-order valence-electron chi connectivity index (χ1n) is 13.9. The lowest BCUT2D eigenvalue weighted by molar-refractivity contribution is -0.130. The molecule has 1 aliphatic carbocycles. The molecular formula is C34H31NO4. The van der Waals surface area contributed by atoms with Crippen LogP contribution in [0.5, 0.6) is 0 Å². The first kappa shape index (κ1) is 24.1. The molecule has 7 rings (SSSR count). The smallest absolute Gasteiger partial charge is 0.410 e. The molecule has 0 saturated carbocycles. The average Bonchev–Trinajstić information content (AvgIpc) is 3.28. The average molecular weight is 518 g/mol. The number of fused-ring (bicyclic) bond motifs is 6. The number of ether oxygens (including phenoxy) is 2. The van der Waals surface area contributed by atoms with Gasteiger partial charge in [-0.15, -0.1) is 0 Å². The van der Waals surface area contributed by atoms with Crippen LogP contribution < -0.4 is 0 Å². The van der Waals surface area contributed by atoms with Crippen molar-refractivity contribution in [2.75, 3.05) is 19.8 Å². The summed E-state index contributed by atoms with van der Waals surface area (Å²) < 4.78 is 11.8. The summed E-state index contributed by atoms with van der Waals surface area (Å²) in [5.74, 6) is 0.195. The third-order valence-electron chi connectivity index (χ3n) is 8.71. The molecule has 2 saturated heterocycles. The Morgan fingerprint density at radius 1 is 0.769 bits per heavy atom. The first-order chi connectivity index (χ1) is 19.2. The maximum absolute atomic E-state index is 13.4. The molecule has 0 aromatic heterocycles. The highest BCUT2D eigenvalue weighted by molar-refractivity contribution is 5.87. The molecule has 5 nitrogen and oxygen atoms in total. The number of benzene rings is 4. The topological polar surface area (TPSA) is 55.8 Å². The number of hydrogen-bond donors (Lipinski definition) is 0. The van der Waals surface area contributed by atoms with Crippen molar-refractivity contribution in [3.8, 4) is 11.1 Å². The van der Waals surface area contributed by atoms with Gasteiger partial charge in [-0.05, 0) is 51.4 Å². The predicted octanol–water partition coefficient (Wildman–Crippen LogP) is 6.38. The molecule has 5 heteroatoms. The van der Waals surface area contributed by atoms with E-state index >= 15 is 0 Å². The SMILES string of the molecule is O=C(Cc1ccc2ccccc2c1)C1CC2COCC(C1)N2C(=O)OCC1c2ccccc2-c2ccccc21. The lowest BCUT2D eigenvalue weighted by atomic mass is 9.81. The summed E-state index contributed by atoms with van der Waals surface area (Å²) in [4.78, 5) is 28.7. The monoisotopic (exact) mass is 517 g/mol. The maximum atomic E-state index is 13.4. The van der Waals surface area contributed by atoms with Crippen LogP contribution in [0.2, 0.25) is 0 Å². The minimum atomic E-state index is -0.296. The van der Waals surface area contributed by atoms with Gasteiger partial charge in [0.25, 0.3) is 0 Å². The van der Waals surface area contributed by atoms with Gasteiger partial charge in [-0.1, -0.05) is 91.0 Å². The Labute approximate surface area is 228 Å². The van der Waals surface area contributed by atoms with Crippen LogP contribution in [0.4, 0.5) is 4.79 Å². The van der Waals surface area contributed by atoms with Crippen LogP contribution in [0.1, 0.15) is 35.4 Å². The molecule has 2 atom stereocenters. The molecule has 2 aliphatic heterocycles. The van der Waals surface area contributed by atoms with E-state index in [1.807, 2.05) is 29.2 Å². The number of nitrogens with zero attached hydrogens (tertiary/aromatic N) is 1. The van der Waals surface area contributed by atoms with Crippen molar-refractivity contribution in [1.29, 1.82) is 0 Å². The second-order valence-electron chi connectivity index (χ2n) is 11.0. The molecule has 4 aromatic rings. The fourth-order valence-corrected chi connectivity index (χ4v) is 6.84. The van der Waals surface area contributed by atoms with Crippen LogP contribution in [0, 0.1) is 5.92 Å². The van der Waals surface area contributed by atoms with Crippen molar-refractivity contribution >= 4 is 22.6 Å². The zero-order chi connectivity index (χ0) is 26.3. The van der Waals surface area contributed by atoms with E-state index in [1.165, 1.54) is 27.6 Å². The van der Waals surface area contributed by atoms with E-state index in [0.717, 1.165) is 10.9 Å². The molecule has 0 radical (unpaired) electrons. The summed E-state index contributed by atoms with van der Waals surface area (Å²) in [5, 5.41) is 2.33. The molecule has 2 unspecified atom stereocenters. The summed E-state index contributed by atoms with van der Waals surface area (Å²) in [6.07, 6.45) is 1.36. The van der Waals surface area contributed by atoms with Crippen LogP contribution in [0.25, 0.3) is 21.9 Å². The molecule has 0 N–H and O–H groups in total. The van der Waals surface area contributed by atoms with Crippen molar-refractivity contribution in [2.24, 2.45) is 5.92 Å². The highest BCUT2D eigenvalue weighted by atomic mass is 16.6. The van der Waals surface area contributed by atoms with Crippen LogP contribution >= 0.6 is 0 Å². The van der Waals surface area contributed by atoms with Crippen molar-refractivity contribution in [3.05, 3.63) is 108 Å². The van der Waals surface area contributed by atoms with E-state index < -0.39 is 0 Å². The Bertz CT molecular complexity index is 1500. The Balaban J connectivity index is 1.03. The van der Waals surface area contributed by atoms with E-state index in [2.05, 4.69) is 66.7 Å². The number of piperidine rings is 1. The molecule has 2 fully saturated rings. The largest absolute Gasteiger partial charge is 0.448 e. The molecule has 39 heavy (non-hydrogen) atoms. The quantitative estimate of drug-likeness (QED) is 0.308. The first-order valence-corrected chi connectivity index (χ1v) is 13.9. The Morgan fingerprint density at radius 2 is 1.38 bits per heavy atom. The molecule has 2 heterocycles. The van der Waals surface area contributed by atoms with E-state index in [1.54, 1.807) is 0 Å². The van der Waals surface area contributed by atoms with Crippen LogP contribution in [-0.2, 0) is 20.7 Å². The van der Waals surface area contributed by atoms with Gasteiger partial charge in [0, 0.05) is 18.3 Å². The van der Waals surface area contributed by atoms with Gasteiger partial charge in [0.1, 0.15) is 12.4 Å². The van der Waals surface area contributed by atoms with E-state index in [4.69, 9.17) is 9.47 Å². The number of morpholine rings is 1. The summed E-state index contributed by atoms with van der Waals surface area (Å²) in [5.41, 5.74) is 5.87. The van der Waals surface area contributed by atoms with E-state index in [0.29, 0.717) is 39.1 Å². The molecule has 0 spiro atoms. The Morgan fingerprint density at radius 3 is 2.08 bits per heavy atom. The van der Waals surface area contributed by atoms with Gasteiger partial charge in [0.05, 0.1) is 25.3 Å². The van der Waals surface area contributed by atoms with Gasteiger partial charge in [0.2, 0.25) is 0 Å². The van der Waals surface area contributed by atoms with Gasteiger partial charge in [-0.25, -0.2) is 4.79 Å². The molecule has 196 valence electrons. The lowest BCUT2D eigenvalue weighted by Gasteiger charge is -2.47. The van der Waals surface area contributed by atoms with E-state index in [9.17, 15) is 9.59 Å². The van der Waals surface area contributed by atoms with Crippen molar-refractivity contribution in [2.45, 2.75) is 37.3 Å². The third kappa shape index (κ3) is 4.41. The number of ketones is 1. The number of carbonyl (C=O) groups is 2. The fraction of sp³-hybridized carbons (Fsp3) is 0.294. The van der Waals surface area contributed by atoms with Crippen LogP contribution in [0.3, 0.4) is 0 Å². The van der Waals surface area contributed by atoms with Gasteiger partial charge >= 0.3 is 6.09 Å². The van der Waals surface area contributed by atoms with Crippen molar-refractivity contribution in [1.82, 2.24) is 4.90 Å². The summed E-state index contributed by atoms with van der Waals surface area (Å²) in [6.45, 7) is 1.19. The van der Waals surface area contributed by atoms with E-state index in [-0.39, 0.29) is 35.8 Å². The Hall–Kier alpha value is -3.96. The molecule has 3 aliphatic rings. The summed E-state index contributed by atoms with van der Waals surface area (Å²) in [7, 11) is 0. The Kier molecular flexibility index (Phi) is 6.16.